The second-order valence-corrected chi connectivity index (χ2v) is 2.94. The first-order valence-corrected chi connectivity index (χ1v) is 3.78. The van der Waals surface area contributed by atoms with E-state index in [2.05, 4.69) is 4.90 Å². The second-order valence-electron chi connectivity index (χ2n) is 2.94. The fourth-order valence-corrected chi connectivity index (χ4v) is 1.33. The van der Waals surface area contributed by atoms with E-state index < -0.39 is 0 Å². The number of carbonyl (C=O) groups excluding carboxylic acids is 1. The van der Waals surface area contributed by atoms with Crippen LogP contribution < -0.4 is 0 Å². The topological polar surface area (TPSA) is 43.8 Å². The predicted molar refractivity (Wildman–Crippen MR) is 41.1 cm³/mol. The Kier molecular flexibility index (Phi) is 2.84. The molecule has 1 atom stereocenters. The van der Waals surface area contributed by atoms with Gasteiger partial charge in [-0.25, -0.2) is 0 Å². The lowest BCUT2D eigenvalue weighted by Crippen LogP contribution is -2.52. The zero-order chi connectivity index (χ0) is 8.27. The molecule has 1 rings (SSSR count). The molecule has 1 saturated heterocycles. The average Bonchev–Trinajstić information content (AvgIpc) is 2.04. The van der Waals surface area contributed by atoms with Crippen molar-refractivity contribution in [3.05, 3.63) is 0 Å². The lowest BCUT2D eigenvalue weighted by Gasteiger charge is -2.36. The maximum atomic E-state index is 10.4. The minimum Gasteiger partial charge on any atom is -0.394 e. The summed E-state index contributed by atoms with van der Waals surface area (Å²) in [4.78, 5) is 14.2. The molecule has 1 amide bonds. The summed E-state index contributed by atoms with van der Waals surface area (Å²) >= 11 is 0. The first kappa shape index (κ1) is 8.49. The number of hydrogen-bond donors (Lipinski definition) is 1. The van der Waals surface area contributed by atoms with Crippen molar-refractivity contribution < 1.29 is 9.90 Å². The molecule has 1 heterocycles. The number of likely N-dealkylation sites (N-methyl/N-ethyl adjacent to an activating group) is 1. The molecule has 0 aromatic rings. The van der Waals surface area contributed by atoms with Crippen molar-refractivity contribution >= 4 is 6.41 Å². The van der Waals surface area contributed by atoms with Crippen LogP contribution in [-0.2, 0) is 4.79 Å². The van der Waals surface area contributed by atoms with Gasteiger partial charge in [0.05, 0.1) is 12.6 Å². The molecule has 0 aromatic heterocycles. The number of amides is 1. The van der Waals surface area contributed by atoms with Gasteiger partial charge >= 0.3 is 0 Å². The average molecular weight is 158 g/mol. The molecule has 0 bridgehead atoms. The predicted octanol–water partition coefficient (Wildman–Crippen LogP) is -1.25. The van der Waals surface area contributed by atoms with Crippen LogP contribution in [0.1, 0.15) is 0 Å². The second kappa shape index (κ2) is 3.69. The monoisotopic (exact) mass is 158 g/mol. The summed E-state index contributed by atoms with van der Waals surface area (Å²) in [7, 11) is 1.99. The summed E-state index contributed by atoms with van der Waals surface area (Å²) in [6, 6.07) is -0.00810. The van der Waals surface area contributed by atoms with Gasteiger partial charge in [0, 0.05) is 19.6 Å². The van der Waals surface area contributed by atoms with Crippen LogP contribution in [0.3, 0.4) is 0 Å². The van der Waals surface area contributed by atoms with Gasteiger partial charge in [0.15, 0.2) is 0 Å². The van der Waals surface area contributed by atoms with Gasteiger partial charge in [-0.3, -0.25) is 4.79 Å². The van der Waals surface area contributed by atoms with Crippen molar-refractivity contribution in [3.63, 3.8) is 0 Å². The Morgan fingerprint density at radius 3 is 2.91 bits per heavy atom. The SMILES string of the molecule is CN1CCN(C=O)C(CO)C1. The van der Waals surface area contributed by atoms with Crippen molar-refractivity contribution in [1.29, 1.82) is 0 Å². The van der Waals surface area contributed by atoms with Crippen LogP contribution >= 0.6 is 0 Å². The van der Waals surface area contributed by atoms with Crippen LogP contribution in [0.2, 0.25) is 0 Å². The first-order valence-electron chi connectivity index (χ1n) is 3.78. The Morgan fingerprint density at radius 1 is 1.64 bits per heavy atom. The maximum absolute atomic E-state index is 10.4. The van der Waals surface area contributed by atoms with E-state index in [-0.39, 0.29) is 12.6 Å². The van der Waals surface area contributed by atoms with Gasteiger partial charge in [0.1, 0.15) is 0 Å². The largest absolute Gasteiger partial charge is 0.394 e. The van der Waals surface area contributed by atoms with Crippen molar-refractivity contribution in [1.82, 2.24) is 9.80 Å². The third-order valence-electron chi connectivity index (χ3n) is 2.08. The number of piperazine rings is 1. The Morgan fingerprint density at radius 2 is 2.36 bits per heavy atom. The van der Waals surface area contributed by atoms with Crippen molar-refractivity contribution in [3.8, 4) is 0 Å². The van der Waals surface area contributed by atoms with Gasteiger partial charge in [-0.1, -0.05) is 0 Å². The lowest BCUT2D eigenvalue weighted by molar-refractivity contribution is -0.123. The quantitative estimate of drug-likeness (QED) is 0.511. The molecule has 4 heteroatoms. The number of aliphatic hydroxyl groups excluding tert-OH is 1. The molecular formula is C7H14N2O2. The van der Waals surface area contributed by atoms with Gasteiger partial charge in [-0.15, -0.1) is 0 Å². The molecule has 64 valence electrons. The van der Waals surface area contributed by atoms with E-state index in [1.54, 1.807) is 4.90 Å². The molecule has 1 unspecified atom stereocenters. The molecule has 0 aliphatic carbocycles. The molecule has 0 radical (unpaired) electrons. The lowest BCUT2D eigenvalue weighted by atomic mass is 10.2. The van der Waals surface area contributed by atoms with Gasteiger partial charge < -0.3 is 14.9 Å². The molecule has 1 aliphatic heterocycles. The number of aliphatic hydroxyl groups is 1. The molecular weight excluding hydrogens is 144 g/mol. The van der Waals surface area contributed by atoms with E-state index in [1.807, 2.05) is 7.05 Å². The van der Waals surface area contributed by atoms with E-state index in [4.69, 9.17) is 5.11 Å². The van der Waals surface area contributed by atoms with Gasteiger partial charge in [0.2, 0.25) is 6.41 Å². The third-order valence-corrected chi connectivity index (χ3v) is 2.08. The summed E-state index contributed by atoms with van der Waals surface area (Å²) in [5, 5.41) is 8.88. The molecule has 0 spiro atoms. The van der Waals surface area contributed by atoms with E-state index in [0.29, 0.717) is 0 Å². The van der Waals surface area contributed by atoms with Crippen LogP contribution in [0, 0.1) is 0 Å². The van der Waals surface area contributed by atoms with Crippen LogP contribution in [0.5, 0.6) is 0 Å². The Bertz CT molecular complexity index is 140. The van der Waals surface area contributed by atoms with Crippen LogP contribution in [0.25, 0.3) is 0 Å². The number of nitrogens with zero attached hydrogens (tertiary/aromatic N) is 2. The fourth-order valence-electron chi connectivity index (χ4n) is 1.33. The van der Waals surface area contributed by atoms with E-state index in [9.17, 15) is 4.79 Å². The summed E-state index contributed by atoms with van der Waals surface area (Å²) in [5.74, 6) is 0. The highest BCUT2D eigenvalue weighted by molar-refractivity contribution is 5.48. The van der Waals surface area contributed by atoms with Crippen molar-refractivity contribution in [2.75, 3.05) is 33.3 Å². The summed E-state index contributed by atoms with van der Waals surface area (Å²) in [5.41, 5.74) is 0. The minimum absolute atomic E-state index is 0.00810. The zero-order valence-corrected chi connectivity index (χ0v) is 6.73. The first-order chi connectivity index (χ1) is 5.27. The number of hydrogen-bond acceptors (Lipinski definition) is 3. The summed E-state index contributed by atoms with van der Waals surface area (Å²) in [6.07, 6.45) is 0.813. The van der Waals surface area contributed by atoms with E-state index in [1.165, 1.54) is 0 Å². The molecule has 4 nitrogen and oxygen atoms in total. The summed E-state index contributed by atoms with van der Waals surface area (Å²) in [6.45, 7) is 2.46. The normalized spacial score (nSPS) is 27.1. The van der Waals surface area contributed by atoms with E-state index >= 15 is 0 Å². The van der Waals surface area contributed by atoms with Crippen LogP contribution in [0.4, 0.5) is 0 Å². The van der Waals surface area contributed by atoms with Crippen molar-refractivity contribution in [2.45, 2.75) is 6.04 Å². The fraction of sp³-hybridized carbons (Fsp3) is 0.857. The van der Waals surface area contributed by atoms with Crippen LogP contribution in [0.15, 0.2) is 0 Å². The number of rotatable bonds is 2. The molecule has 1 aliphatic rings. The van der Waals surface area contributed by atoms with Gasteiger partial charge in [-0.2, -0.15) is 0 Å². The van der Waals surface area contributed by atoms with E-state index in [0.717, 1.165) is 26.0 Å². The Labute approximate surface area is 66.4 Å². The Hall–Kier alpha value is -0.610. The van der Waals surface area contributed by atoms with Crippen LogP contribution in [-0.4, -0.2) is 60.6 Å². The molecule has 0 saturated carbocycles. The maximum Gasteiger partial charge on any atom is 0.210 e. The molecule has 1 N–H and O–H groups in total. The zero-order valence-electron chi connectivity index (χ0n) is 6.73. The van der Waals surface area contributed by atoms with Gasteiger partial charge in [-0.05, 0) is 7.05 Å². The summed E-state index contributed by atoms with van der Waals surface area (Å²) < 4.78 is 0. The number of carbonyl (C=O) groups is 1. The highest BCUT2D eigenvalue weighted by Crippen LogP contribution is 2.04. The standard InChI is InChI=1S/C7H14N2O2/c1-8-2-3-9(6-11)7(4-8)5-10/h6-7,10H,2-5H2,1H3. The highest BCUT2D eigenvalue weighted by atomic mass is 16.3. The molecule has 0 aromatic carbocycles. The minimum atomic E-state index is -0.00810. The Balaban J connectivity index is 2.47. The molecule has 11 heavy (non-hydrogen) atoms. The highest BCUT2D eigenvalue weighted by Gasteiger charge is 2.22. The molecule has 1 fully saturated rings. The van der Waals surface area contributed by atoms with Gasteiger partial charge in [0.25, 0.3) is 0 Å². The smallest absolute Gasteiger partial charge is 0.210 e. The van der Waals surface area contributed by atoms with Crippen molar-refractivity contribution in [2.24, 2.45) is 0 Å². The third kappa shape index (κ3) is 1.91.